The van der Waals surface area contributed by atoms with Crippen molar-refractivity contribution in [1.82, 2.24) is 14.9 Å². The van der Waals surface area contributed by atoms with Crippen LogP contribution in [0.4, 0.5) is 0 Å². The number of rotatable bonds is 8. The summed E-state index contributed by atoms with van der Waals surface area (Å²) in [4.78, 5) is 16.9. The Morgan fingerprint density at radius 2 is 1.66 bits per heavy atom. The molecule has 1 aromatic heterocycles. The van der Waals surface area contributed by atoms with Crippen LogP contribution in [0.1, 0.15) is 51.4 Å². The quantitative estimate of drug-likeness (QED) is 0.345. The molecule has 1 amide bonds. The molecule has 0 aliphatic heterocycles. The van der Waals surface area contributed by atoms with Crippen LogP contribution in [-0.2, 0) is 17.8 Å². The Labute approximate surface area is 190 Å². The SMILES string of the molecule is CC(C)(C)C(=O)NCCCCCc1nc2ccccc2n1Cc1ccc2ccccc2c1. The van der Waals surface area contributed by atoms with Crippen LogP contribution in [0.3, 0.4) is 0 Å². The fourth-order valence-corrected chi connectivity index (χ4v) is 4.06. The van der Waals surface area contributed by atoms with E-state index in [0.717, 1.165) is 50.1 Å². The van der Waals surface area contributed by atoms with Gasteiger partial charge in [0.1, 0.15) is 5.82 Å². The van der Waals surface area contributed by atoms with Crippen LogP contribution in [0.2, 0.25) is 0 Å². The Bertz CT molecular complexity index is 1220. The topological polar surface area (TPSA) is 46.9 Å². The van der Waals surface area contributed by atoms with Gasteiger partial charge in [0.15, 0.2) is 0 Å². The van der Waals surface area contributed by atoms with Crippen molar-refractivity contribution in [3.8, 4) is 0 Å². The van der Waals surface area contributed by atoms with Crippen LogP contribution in [0.5, 0.6) is 0 Å². The molecule has 1 N–H and O–H groups in total. The summed E-state index contributed by atoms with van der Waals surface area (Å²) in [5.41, 5.74) is 3.21. The highest BCUT2D eigenvalue weighted by molar-refractivity contribution is 5.83. The summed E-state index contributed by atoms with van der Waals surface area (Å²) in [7, 11) is 0. The first-order valence-electron chi connectivity index (χ1n) is 11.6. The van der Waals surface area contributed by atoms with Crippen molar-refractivity contribution in [1.29, 1.82) is 0 Å². The molecule has 4 nitrogen and oxygen atoms in total. The van der Waals surface area contributed by atoms with Crippen molar-refractivity contribution in [2.75, 3.05) is 6.54 Å². The van der Waals surface area contributed by atoms with Crippen molar-refractivity contribution >= 4 is 27.7 Å². The smallest absolute Gasteiger partial charge is 0.225 e. The molecular formula is C28H33N3O. The van der Waals surface area contributed by atoms with Crippen molar-refractivity contribution in [2.45, 2.75) is 53.0 Å². The van der Waals surface area contributed by atoms with Crippen LogP contribution in [0, 0.1) is 5.41 Å². The molecule has 0 bridgehead atoms. The molecule has 0 unspecified atom stereocenters. The normalized spacial score (nSPS) is 11.8. The zero-order valence-electron chi connectivity index (χ0n) is 19.4. The van der Waals surface area contributed by atoms with E-state index >= 15 is 0 Å². The Hall–Kier alpha value is -3.14. The van der Waals surface area contributed by atoms with Crippen LogP contribution >= 0.6 is 0 Å². The van der Waals surface area contributed by atoms with Gasteiger partial charge in [0.25, 0.3) is 0 Å². The van der Waals surface area contributed by atoms with E-state index in [-0.39, 0.29) is 11.3 Å². The highest BCUT2D eigenvalue weighted by Crippen LogP contribution is 2.22. The number of fused-ring (bicyclic) bond motifs is 2. The molecule has 4 rings (SSSR count). The molecule has 3 aromatic carbocycles. The van der Waals surface area contributed by atoms with E-state index in [4.69, 9.17) is 4.98 Å². The molecule has 0 fully saturated rings. The predicted molar refractivity (Wildman–Crippen MR) is 133 cm³/mol. The lowest BCUT2D eigenvalue weighted by atomic mass is 9.96. The molecule has 32 heavy (non-hydrogen) atoms. The van der Waals surface area contributed by atoms with Crippen molar-refractivity contribution in [2.24, 2.45) is 5.41 Å². The highest BCUT2D eigenvalue weighted by Gasteiger charge is 2.20. The monoisotopic (exact) mass is 427 g/mol. The fraction of sp³-hybridized carbons (Fsp3) is 0.357. The minimum Gasteiger partial charge on any atom is -0.356 e. The summed E-state index contributed by atoms with van der Waals surface area (Å²) < 4.78 is 2.36. The number of aryl methyl sites for hydroxylation is 1. The Kier molecular flexibility index (Phi) is 6.59. The average Bonchev–Trinajstić information content (AvgIpc) is 3.12. The summed E-state index contributed by atoms with van der Waals surface area (Å²) in [5, 5.41) is 5.58. The first-order chi connectivity index (χ1) is 15.4. The third-order valence-electron chi connectivity index (χ3n) is 5.93. The third-order valence-corrected chi connectivity index (χ3v) is 5.93. The lowest BCUT2D eigenvalue weighted by Crippen LogP contribution is -2.35. The summed E-state index contributed by atoms with van der Waals surface area (Å²) in [5.74, 6) is 1.26. The maximum atomic E-state index is 12.0. The number of carbonyl (C=O) groups excluding carboxylic acids is 1. The largest absolute Gasteiger partial charge is 0.356 e. The number of hydrogen-bond donors (Lipinski definition) is 1. The van der Waals surface area contributed by atoms with Gasteiger partial charge in [-0.05, 0) is 47.4 Å². The lowest BCUT2D eigenvalue weighted by molar-refractivity contribution is -0.128. The van der Waals surface area contributed by atoms with Crippen molar-refractivity contribution in [3.05, 3.63) is 78.1 Å². The average molecular weight is 428 g/mol. The number of hydrogen-bond acceptors (Lipinski definition) is 2. The van der Waals surface area contributed by atoms with Gasteiger partial charge in [0, 0.05) is 24.9 Å². The number of imidazole rings is 1. The highest BCUT2D eigenvalue weighted by atomic mass is 16.2. The Morgan fingerprint density at radius 3 is 2.47 bits per heavy atom. The number of aromatic nitrogens is 2. The molecule has 0 atom stereocenters. The zero-order valence-corrected chi connectivity index (χ0v) is 19.4. The van der Waals surface area contributed by atoms with Crippen LogP contribution in [0.25, 0.3) is 21.8 Å². The number of unbranched alkanes of at least 4 members (excludes halogenated alkanes) is 2. The predicted octanol–water partition coefficient (Wildman–Crippen LogP) is 6.11. The maximum Gasteiger partial charge on any atom is 0.225 e. The van der Waals surface area contributed by atoms with Crippen LogP contribution in [-0.4, -0.2) is 22.0 Å². The van der Waals surface area contributed by atoms with E-state index in [1.54, 1.807) is 0 Å². The Morgan fingerprint density at radius 1 is 0.906 bits per heavy atom. The standard InChI is InChI=1S/C28H33N3O/c1-28(2,3)27(32)29-18-10-4-5-15-26-30-24-13-8-9-14-25(24)31(26)20-21-16-17-22-11-6-7-12-23(22)19-21/h6-9,11-14,16-17,19H,4-5,10,15,18,20H2,1-3H3,(H,29,32). The Balaban J connectivity index is 1.43. The van der Waals surface area contributed by atoms with Gasteiger partial charge in [-0.3, -0.25) is 4.79 Å². The minimum atomic E-state index is -0.326. The second-order valence-corrected chi connectivity index (χ2v) is 9.60. The maximum absolute atomic E-state index is 12.0. The zero-order chi connectivity index (χ0) is 22.6. The van der Waals surface area contributed by atoms with Gasteiger partial charge >= 0.3 is 0 Å². The summed E-state index contributed by atoms with van der Waals surface area (Å²) in [6, 6.07) is 23.6. The van der Waals surface area contributed by atoms with Crippen molar-refractivity contribution in [3.63, 3.8) is 0 Å². The second-order valence-electron chi connectivity index (χ2n) is 9.60. The van der Waals surface area contributed by atoms with Gasteiger partial charge in [-0.25, -0.2) is 4.98 Å². The fourth-order valence-electron chi connectivity index (χ4n) is 4.06. The van der Waals surface area contributed by atoms with E-state index < -0.39 is 0 Å². The van der Waals surface area contributed by atoms with Gasteiger partial charge in [-0.1, -0.05) is 75.7 Å². The molecule has 1 heterocycles. The van der Waals surface area contributed by atoms with Crippen LogP contribution in [0.15, 0.2) is 66.7 Å². The van der Waals surface area contributed by atoms with Crippen LogP contribution < -0.4 is 5.32 Å². The van der Waals surface area contributed by atoms with Gasteiger partial charge in [0.05, 0.1) is 11.0 Å². The van der Waals surface area contributed by atoms with Crippen molar-refractivity contribution < 1.29 is 4.79 Å². The van der Waals surface area contributed by atoms with E-state index in [9.17, 15) is 4.79 Å². The number of nitrogens with zero attached hydrogens (tertiary/aromatic N) is 2. The summed E-state index contributed by atoms with van der Waals surface area (Å²) in [6.07, 6.45) is 4.07. The van der Waals surface area contributed by atoms with E-state index in [1.807, 2.05) is 20.8 Å². The van der Waals surface area contributed by atoms with E-state index in [1.165, 1.54) is 21.9 Å². The molecule has 0 saturated heterocycles. The molecule has 0 aliphatic carbocycles. The molecular weight excluding hydrogens is 394 g/mol. The number of carbonyl (C=O) groups is 1. The molecule has 0 aliphatic rings. The van der Waals surface area contributed by atoms with Gasteiger partial charge < -0.3 is 9.88 Å². The molecule has 0 saturated carbocycles. The third kappa shape index (κ3) is 5.18. The summed E-state index contributed by atoms with van der Waals surface area (Å²) >= 11 is 0. The molecule has 0 spiro atoms. The molecule has 4 aromatic rings. The number of para-hydroxylation sites is 2. The van der Waals surface area contributed by atoms with Gasteiger partial charge in [-0.2, -0.15) is 0 Å². The van der Waals surface area contributed by atoms with Gasteiger partial charge in [0.2, 0.25) is 5.91 Å². The lowest BCUT2D eigenvalue weighted by Gasteiger charge is -2.17. The number of amides is 1. The molecule has 166 valence electrons. The molecule has 0 radical (unpaired) electrons. The van der Waals surface area contributed by atoms with E-state index in [2.05, 4.69) is 76.6 Å². The first kappa shape index (κ1) is 22.1. The summed E-state index contributed by atoms with van der Waals surface area (Å²) in [6.45, 7) is 7.40. The second kappa shape index (κ2) is 9.56. The van der Waals surface area contributed by atoms with Gasteiger partial charge in [-0.15, -0.1) is 0 Å². The minimum absolute atomic E-state index is 0.120. The van der Waals surface area contributed by atoms with E-state index in [0.29, 0.717) is 0 Å². The first-order valence-corrected chi connectivity index (χ1v) is 11.6. The number of benzene rings is 3. The molecule has 4 heteroatoms. The number of nitrogens with one attached hydrogen (secondary N) is 1.